The van der Waals surface area contributed by atoms with E-state index in [-0.39, 0.29) is 33.8 Å². The molecular formula is C24H17Cl2FN4O6S2. The van der Waals surface area contributed by atoms with Gasteiger partial charge >= 0.3 is 5.97 Å². The van der Waals surface area contributed by atoms with Crippen LogP contribution in [0.4, 0.5) is 9.52 Å². The fourth-order valence-corrected chi connectivity index (χ4v) is 5.53. The summed E-state index contributed by atoms with van der Waals surface area (Å²) in [5.74, 6) is -3.64. The summed E-state index contributed by atoms with van der Waals surface area (Å²) < 4.78 is 51.8. The molecule has 1 unspecified atom stereocenters. The standard InChI is InChI=1S/C24H17Cl2FN4O6S2/c1-12(23(33)34)6-19(32)18-7-13(4-5-28-18)15-8-14(25)2-3-20(15)37-21-10-17(27)22(9-16(21)26)39(35,36)31-24-29-11-30-38-24/h2-5,7-12H,6H2,1H3,(H,33,34)(H,29,30,31). The second kappa shape index (κ2) is 11.6. The van der Waals surface area contributed by atoms with Crippen molar-refractivity contribution < 1.29 is 32.2 Å². The number of rotatable bonds is 10. The summed E-state index contributed by atoms with van der Waals surface area (Å²) in [7, 11) is -4.36. The van der Waals surface area contributed by atoms with E-state index in [4.69, 9.17) is 33.0 Å². The van der Waals surface area contributed by atoms with Gasteiger partial charge in [0.25, 0.3) is 10.0 Å². The molecule has 0 saturated heterocycles. The van der Waals surface area contributed by atoms with Crippen LogP contribution in [0.25, 0.3) is 11.1 Å². The van der Waals surface area contributed by atoms with Crippen LogP contribution >= 0.6 is 34.7 Å². The fraction of sp³-hybridized carbons (Fsp3) is 0.125. The molecule has 0 spiro atoms. The summed E-state index contributed by atoms with van der Waals surface area (Å²) in [4.78, 5) is 30.7. The minimum atomic E-state index is -4.36. The van der Waals surface area contributed by atoms with E-state index in [0.29, 0.717) is 16.1 Å². The quantitative estimate of drug-likeness (QED) is 0.208. The van der Waals surface area contributed by atoms with E-state index in [9.17, 15) is 22.4 Å². The normalized spacial score (nSPS) is 12.1. The Labute approximate surface area is 235 Å². The molecule has 4 aromatic rings. The molecule has 0 aliphatic heterocycles. The lowest BCUT2D eigenvalue weighted by Crippen LogP contribution is -2.15. The number of Topliss-reactive ketones (excluding diaryl/α,β-unsaturated/α-hetero) is 1. The number of nitrogens with zero attached hydrogens (tertiary/aromatic N) is 3. The second-order valence-electron chi connectivity index (χ2n) is 8.10. The number of ketones is 1. The van der Waals surface area contributed by atoms with Crippen LogP contribution in [-0.4, -0.2) is 39.6 Å². The van der Waals surface area contributed by atoms with Crippen molar-refractivity contribution in [2.75, 3.05) is 4.72 Å². The molecule has 2 aromatic heterocycles. The summed E-state index contributed by atoms with van der Waals surface area (Å²) in [6.07, 6.45) is 2.27. The molecule has 39 heavy (non-hydrogen) atoms. The Morgan fingerprint density at radius 1 is 1.13 bits per heavy atom. The minimum Gasteiger partial charge on any atom is -0.481 e. The van der Waals surface area contributed by atoms with Gasteiger partial charge < -0.3 is 9.84 Å². The van der Waals surface area contributed by atoms with Gasteiger partial charge in [0.1, 0.15) is 34.2 Å². The van der Waals surface area contributed by atoms with Crippen LogP contribution in [-0.2, 0) is 14.8 Å². The number of anilines is 1. The molecule has 15 heteroatoms. The Morgan fingerprint density at radius 3 is 2.59 bits per heavy atom. The van der Waals surface area contributed by atoms with Crippen molar-refractivity contribution >= 4 is 61.6 Å². The van der Waals surface area contributed by atoms with E-state index < -0.39 is 38.4 Å². The summed E-state index contributed by atoms with van der Waals surface area (Å²) in [6, 6.07) is 9.29. The molecule has 1 atom stereocenters. The van der Waals surface area contributed by atoms with E-state index in [1.165, 1.54) is 37.4 Å². The van der Waals surface area contributed by atoms with Crippen molar-refractivity contribution in [2.24, 2.45) is 5.92 Å². The highest BCUT2D eigenvalue weighted by atomic mass is 35.5. The maximum Gasteiger partial charge on any atom is 0.306 e. The Morgan fingerprint density at radius 2 is 1.90 bits per heavy atom. The van der Waals surface area contributed by atoms with Gasteiger partial charge in [0.15, 0.2) is 5.78 Å². The van der Waals surface area contributed by atoms with Gasteiger partial charge in [-0.15, -0.1) is 0 Å². The molecule has 0 aliphatic carbocycles. The third-order valence-electron chi connectivity index (χ3n) is 5.29. The molecule has 10 nitrogen and oxygen atoms in total. The highest BCUT2D eigenvalue weighted by Gasteiger charge is 2.24. The number of carboxylic acid groups (broad SMARTS) is 1. The minimum absolute atomic E-state index is 0.0353. The lowest BCUT2D eigenvalue weighted by Gasteiger charge is -2.15. The third kappa shape index (κ3) is 6.68. The number of halogens is 3. The number of pyridine rings is 1. The van der Waals surface area contributed by atoms with Gasteiger partial charge in [-0.3, -0.25) is 19.3 Å². The van der Waals surface area contributed by atoms with Gasteiger partial charge in [0.2, 0.25) is 5.13 Å². The lowest BCUT2D eigenvalue weighted by molar-refractivity contribution is -0.141. The average molecular weight is 611 g/mol. The number of carbonyl (C=O) groups excluding carboxylic acids is 1. The van der Waals surface area contributed by atoms with Crippen molar-refractivity contribution in [1.82, 2.24) is 14.3 Å². The highest BCUT2D eigenvalue weighted by Crippen LogP contribution is 2.39. The number of hydrogen-bond acceptors (Lipinski definition) is 9. The number of aliphatic carboxylic acids is 1. The van der Waals surface area contributed by atoms with Crippen molar-refractivity contribution in [3.8, 4) is 22.6 Å². The molecule has 202 valence electrons. The van der Waals surface area contributed by atoms with Crippen molar-refractivity contribution in [3.05, 3.63) is 76.5 Å². The number of carboxylic acids is 1. The zero-order chi connectivity index (χ0) is 28.3. The lowest BCUT2D eigenvalue weighted by atomic mass is 10.00. The largest absolute Gasteiger partial charge is 0.481 e. The van der Waals surface area contributed by atoms with Crippen LogP contribution in [0.5, 0.6) is 11.5 Å². The summed E-state index contributed by atoms with van der Waals surface area (Å²) in [5, 5.41) is 9.16. The SMILES string of the molecule is CC(CC(=O)c1cc(-c2cc(Cl)ccc2Oc2cc(F)c(S(=O)(=O)Nc3ncns3)cc2Cl)ccn1)C(=O)O. The maximum atomic E-state index is 14.9. The number of sulfonamides is 1. The van der Waals surface area contributed by atoms with E-state index in [0.717, 1.165) is 30.0 Å². The smallest absolute Gasteiger partial charge is 0.306 e. The average Bonchev–Trinajstić information content (AvgIpc) is 3.39. The van der Waals surface area contributed by atoms with Crippen LogP contribution in [0.15, 0.2) is 59.9 Å². The third-order valence-corrected chi connectivity index (χ3v) is 7.88. The Hall–Kier alpha value is -3.65. The monoisotopic (exact) mass is 610 g/mol. The molecule has 2 heterocycles. The van der Waals surface area contributed by atoms with Crippen LogP contribution in [0.1, 0.15) is 23.8 Å². The molecule has 0 bridgehead atoms. The van der Waals surface area contributed by atoms with Crippen molar-refractivity contribution in [3.63, 3.8) is 0 Å². The topological polar surface area (TPSA) is 148 Å². The van der Waals surface area contributed by atoms with Gasteiger partial charge in [0, 0.05) is 40.8 Å². The first kappa shape index (κ1) is 28.4. The number of benzene rings is 2. The predicted molar refractivity (Wildman–Crippen MR) is 143 cm³/mol. The van der Waals surface area contributed by atoms with E-state index in [2.05, 4.69) is 19.1 Å². The van der Waals surface area contributed by atoms with Gasteiger partial charge in [-0.25, -0.2) is 17.8 Å². The first-order chi connectivity index (χ1) is 18.4. The van der Waals surface area contributed by atoms with Crippen molar-refractivity contribution in [2.45, 2.75) is 18.2 Å². The number of aromatic nitrogens is 3. The predicted octanol–water partition coefficient (Wildman–Crippen LogP) is 5.93. The van der Waals surface area contributed by atoms with E-state index in [1.54, 1.807) is 6.07 Å². The second-order valence-corrected chi connectivity index (χ2v) is 11.4. The molecule has 4 rings (SSSR count). The van der Waals surface area contributed by atoms with E-state index >= 15 is 0 Å². The van der Waals surface area contributed by atoms with Gasteiger partial charge in [-0.2, -0.15) is 4.37 Å². The van der Waals surface area contributed by atoms with Crippen LogP contribution in [0.3, 0.4) is 0 Å². The van der Waals surface area contributed by atoms with Crippen molar-refractivity contribution in [1.29, 1.82) is 0 Å². The Bertz CT molecular complexity index is 1670. The molecule has 0 amide bonds. The van der Waals surface area contributed by atoms with E-state index in [1.807, 2.05) is 0 Å². The number of carbonyl (C=O) groups is 2. The number of hydrogen-bond donors (Lipinski definition) is 2. The summed E-state index contributed by atoms with van der Waals surface area (Å²) in [5.41, 5.74) is 0.871. The molecule has 2 N–H and O–H groups in total. The van der Waals surface area contributed by atoms with Crippen LogP contribution in [0.2, 0.25) is 10.0 Å². The zero-order valence-corrected chi connectivity index (χ0v) is 22.9. The Balaban J connectivity index is 1.66. The first-order valence-electron chi connectivity index (χ1n) is 10.9. The molecule has 2 aromatic carbocycles. The molecule has 0 aliphatic rings. The molecule has 0 fully saturated rings. The highest BCUT2D eigenvalue weighted by molar-refractivity contribution is 7.93. The molecule has 0 saturated carbocycles. The van der Waals surface area contributed by atoms with Gasteiger partial charge in [0.05, 0.1) is 10.9 Å². The zero-order valence-electron chi connectivity index (χ0n) is 19.8. The summed E-state index contributed by atoms with van der Waals surface area (Å²) in [6.45, 7) is 1.42. The number of nitrogens with one attached hydrogen (secondary N) is 1. The number of ether oxygens (including phenoxy) is 1. The Kier molecular flexibility index (Phi) is 8.45. The summed E-state index contributed by atoms with van der Waals surface area (Å²) >= 11 is 13.2. The maximum absolute atomic E-state index is 14.9. The molecular weight excluding hydrogens is 594 g/mol. The first-order valence-corrected chi connectivity index (χ1v) is 13.9. The van der Waals surface area contributed by atoms with Crippen LogP contribution in [0, 0.1) is 11.7 Å². The molecule has 0 radical (unpaired) electrons. The fourth-order valence-electron chi connectivity index (χ4n) is 3.34. The van der Waals surface area contributed by atoms with Crippen LogP contribution < -0.4 is 9.46 Å². The van der Waals surface area contributed by atoms with Gasteiger partial charge in [-0.1, -0.05) is 30.1 Å². The van der Waals surface area contributed by atoms with Gasteiger partial charge in [-0.05, 0) is 42.0 Å².